The molecule has 0 radical (unpaired) electrons. The second-order valence-electron chi connectivity index (χ2n) is 6.02. The van der Waals surface area contributed by atoms with E-state index in [0.717, 1.165) is 16.5 Å². The summed E-state index contributed by atoms with van der Waals surface area (Å²) < 4.78 is 0.919. The lowest BCUT2D eigenvalue weighted by atomic mass is 10.0. The van der Waals surface area contributed by atoms with E-state index < -0.39 is 0 Å². The van der Waals surface area contributed by atoms with Crippen LogP contribution in [0.25, 0.3) is 0 Å². The van der Waals surface area contributed by atoms with Gasteiger partial charge in [0.05, 0.1) is 0 Å². The molecule has 0 aliphatic carbocycles. The summed E-state index contributed by atoms with van der Waals surface area (Å²) in [6.45, 7) is 6.53. The Kier molecular flexibility index (Phi) is 7.72. The van der Waals surface area contributed by atoms with E-state index in [-0.39, 0.29) is 5.91 Å². The molecule has 0 saturated heterocycles. The van der Waals surface area contributed by atoms with Gasteiger partial charge in [-0.15, -0.1) is 10.2 Å². The molecule has 0 saturated carbocycles. The topological polar surface area (TPSA) is 54.9 Å². The molecule has 2 aromatic rings. The van der Waals surface area contributed by atoms with Crippen LogP contribution in [0.3, 0.4) is 0 Å². The van der Waals surface area contributed by atoms with E-state index in [1.54, 1.807) is 11.8 Å². The number of thioether (sulfide) groups is 1. The molecule has 1 N–H and O–H groups in total. The number of aromatic nitrogens is 2. The summed E-state index contributed by atoms with van der Waals surface area (Å²) in [6, 6.07) is 8.50. The number of hydrogen-bond donors (Lipinski definition) is 1. The normalized spacial score (nSPS) is 11.0. The molecule has 0 unspecified atom stereocenters. The standard InChI is InChI=1S/C18H25N3OS2/c1-4-5-12-23-18-21-20-17(24-18)19-16(22)11-8-14-6-9-15(10-7-14)13(2)3/h6-7,9-10,13H,4-5,8,11-12H2,1-3H3,(H,19,20,22). The largest absolute Gasteiger partial charge is 0.300 e. The van der Waals surface area contributed by atoms with Crippen molar-refractivity contribution in [3.63, 3.8) is 0 Å². The number of nitrogens with one attached hydrogen (secondary N) is 1. The van der Waals surface area contributed by atoms with Gasteiger partial charge in [-0.05, 0) is 29.9 Å². The van der Waals surface area contributed by atoms with E-state index in [9.17, 15) is 4.79 Å². The number of benzene rings is 1. The van der Waals surface area contributed by atoms with Crippen LogP contribution in [0, 0.1) is 0 Å². The first-order valence-corrected chi connectivity index (χ1v) is 10.2. The molecule has 0 spiro atoms. The SMILES string of the molecule is CCCCSc1nnc(NC(=O)CCc2ccc(C(C)C)cc2)s1. The summed E-state index contributed by atoms with van der Waals surface area (Å²) >= 11 is 3.15. The van der Waals surface area contributed by atoms with Crippen molar-refractivity contribution in [2.45, 2.75) is 56.7 Å². The third-order valence-corrected chi connectivity index (χ3v) is 5.72. The molecule has 0 aliphatic rings. The molecule has 130 valence electrons. The molecule has 0 aliphatic heterocycles. The summed E-state index contributed by atoms with van der Waals surface area (Å²) in [7, 11) is 0. The van der Waals surface area contributed by atoms with Gasteiger partial charge >= 0.3 is 0 Å². The zero-order valence-corrected chi connectivity index (χ0v) is 16.2. The molecule has 0 bridgehead atoms. The molecule has 0 atom stereocenters. The first kappa shape index (κ1) is 18.9. The van der Waals surface area contributed by atoms with Gasteiger partial charge in [0.1, 0.15) is 0 Å². The number of carbonyl (C=O) groups is 1. The van der Waals surface area contributed by atoms with E-state index in [2.05, 4.69) is 60.6 Å². The number of rotatable bonds is 9. The third kappa shape index (κ3) is 6.24. The fourth-order valence-corrected chi connectivity index (χ4v) is 4.05. The van der Waals surface area contributed by atoms with Gasteiger partial charge in [0.2, 0.25) is 11.0 Å². The van der Waals surface area contributed by atoms with Gasteiger partial charge < -0.3 is 5.32 Å². The average molecular weight is 364 g/mol. The molecule has 1 aromatic carbocycles. The predicted molar refractivity (Wildman–Crippen MR) is 103 cm³/mol. The lowest BCUT2D eigenvalue weighted by molar-refractivity contribution is -0.116. The van der Waals surface area contributed by atoms with Crippen LogP contribution in [0.2, 0.25) is 0 Å². The minimum atomic E-state index is -0.0100. The third-order valence-electron chi connectivity index (χ3n) is 3.66. The van der Waals surface area contributed by atoms with Crippen LogP contribution in [0.1, 0.15) is 57.1 Å². The van der Waals surface area contributed by atoms with Crippen molar-refractivity contribution in [1.29, 1.82) is 0 Å². The molecule has 1 amide bonds. The van der Waals surface area contributed by atoms with Gasteiger partial charge in [-0.2, -0.15) is 0 Å². The van der Waals surface area contributed by atoms with Crippen molar-refractivity contribution in [3.8, 4) is 0 Å². The number of carbonyl (C=O) groups excluding carboxylic acids is 1. The molecular weight excluding hydrogens is 338 g/mol. The van der Waals surface area contributed by atoms with Crippen LogP contribution in [0.4, 0.5) is 5.13 Å². The Morgan fingerprint density at radius 3 is 2.67 bits per heavy atom. The number of aryl methyl sites for hydroxylation is 1. The number of hydrogen-bond acceptors (Lipinski definition) is 5. The minimum absolute atomic E-state index is 0.0100. The summed E-state index contributed by atoms with van der Waals surface area (Å²) in [5.41, 5.74) is 2.51. The molecule has 2 rings (SSSR count). The zero-order valence-electron chi connectivity index (χ0n) is 14.5. The molecule has 24 heavy (non-hydrogen) atoms. The Balaban J connectivity index is 1.76. The summed E-state index contributed by atoms with van der Waals surface area (Å²) in [5.74, 6) is 1.57. The summed E-state index contributed by atoms with van der Waals surface area (Å²) in [4.78, 5) is 12.1. The van der Waals surface area contributed by atoms with Crippen molar-refractivity contribution in [3.05, 3.63) is 35.4 Å². The molecule has 0 fully saturated rings. The minimum Gasteiger partial charge on any atom is -0.300 e. The number of amides is 1. The lowest BCUT2D eigenvalue weighted by Crippen LogP contribution is -2.12. The van der Waals surface area contributed by atoms with Gasteiger partial charge in [-0.25, -0.2) is 0 Å². The highest BCUT2D eigenvalue weighted by Crippen LogP contribution is 2.26. The Bertz CT molecular complexity index is 638. The first-order valence-electron chi connectivity index (χ1n) is 8.43. The lowest BCUT2D eigenvalue weighted by Gasteiger charge is -2.06. The van der Waals surface area contributed by atoms with Crippen LogP contribution >= 0.6 is 23.1 Å². The van der Waals surface area contributed by atoms with Gasteiger partial charge in [-0.1, -0.05) is 74.6 Å². The monoisotopic (exact) mass is 363 g/mol. The highest BCUT2D eigenvalue weighted by Gasteiger charge is 2.09. The van der Waals surface area contributed by atoms with Crippen LogP contribution in [0.5, 0.6) is 0 Å². The number of anilines is 1. The van der Waals surface area contributed by atoms with Crippen LogP contribution < -0.4 is 5.32 Å². The van der Waals surface area contributed by atoms with Crippen molar-refractivity contribution in [2.75, 3.05) is 11.1 Å². The van der Waals surface area contributed by atoms with Gasteiger partial charge in [0.15, 0.2) is 4.34 Å². The Morgan fingerprint density at radius 2 is 2.00 bits per heavy atom. The van der Waals surface area contributed by atoms with Gasteiger partial charge in [-0.3, -0.25) is 4.79 Å². The fourth-order valence-electron chi connectivity index (χ4n) is 2.13. The second-order valence-corrected chi connectivity index (χ2v) is 8.34. The average Bonchev–Trinajstić information content (AvgIpc) is 3.01. The summed E-state index contributed by atoms with van der Waals surface area (Å²) in [6.07, 6.45) is 3.54. The van der Waals surface area contributed by atoms with E-state index in [0.29, 0.717) is 17.5 Å². The Hall–Kier alpha value is -1.40. The van der Waals surface area contributed by atoms with Crippen molar-refractivity contribution in [1.82, 2.24) is 10.2 Å². The predicted octanol–water partition coefficient (Wildman–Crippen LogP) is 5.13. The quantitative estimate of drug-likeness (QED) is 0.381. The van der Waals surface area contributed by atoms with Crippen LogP contribution in [-0.2, 0) is 11.2 Å². The van der Waals surface area contributed by atoms with Gasteiger partial charge in [0.25, 0.3) is 0 Å². The summed E-state index contributed by atoms with van der Waals surface area (Å²) in [5, 5.41) is 11.6. The molecular formula is C18H25N3OS2. The highest BCUT2D eigenvalue weighted by molar-refractivity contribution is 8.01. The van der Waals surface area contributed by atoms with E-state index in [1.165, 1.54) is 35.3 Å². The zero-order chi connectivity index (χ0) is 17.4. The Morgan fingerprint density at radius 1 is 1.25 bits per heavy atom. The molecule has 1 heterocycles. The molecule has 4 nitrogen and oxygen atoms in total. The maximum Gasteiger partial charge on any atom is 0.226 e. The van der Waals surface area contributed by atoms with Crippen LogP contribution in [-0.4, -0.2) is 21.9 Å². The van der Waals surface area contributed by atoms with Gasteiger partial charge in [0, 0.05) is 12.2 Å². The van der Waals surface area contributed by atoms with Crippen molar-refractivity contribution in [2.24, 2.45) is 0 Å². The number of nitrogens with zero attached hydrogens (tertiary/aromatic N) is 2. The fraction of sp³-hybridized carbons (Fsp3) is 0.500. The molecule has 1 aromatic heterocycles. The smallest absolute Gasteiger partial charge is 0.226 e. The first-order chi connectivity index (χ1) is 11.6. The molecule has 6 heteroatoms. The van der Waals surface area contributed by atoms with Crippen molar-refractivity contribution >= 4 is 34.1 Å². The van der Waals surface area contributed by atoms with E-state index >= 15 is 0 Å². The highest BCUT2D eigenvalue weighted by atomic mass is 32.2. The second kappa shape index (κ2) is 9.79. The maximum atomic E-state index is 12.1. The van der Waals surface area contributed by atoms with E-state index in [4.69, 9.17) is 0 Å². The van der Waals surface area contributed by atoms with E-state index in [1.807, 2.05) is 0 Å². The van der Waals surface area contributed by atoms with Crippen molar-refractivity contribution < 1.29 is 4.79 Å². The van der Waals surface area contributed by atoms with Crippen LogP contribution in [0.15, 0.2) is 28.6 Å². The maximum absolute atomic E-state index is 12.1. The number of unbranched alkanes of at least 4 members (excludes halogenated alkanes) is 1. The Labute approximate surface area is 152 Å².